The summed E-state index contributed by atoms with van der Waals surface area (Å²) in [5, 5.41) is 5.29. The summed E-state index contributed by atoms with van der Waals surface area (Å²) in [6, 6.07) is 33.4. The molecule has 0 bridgehead atoms. The number of nitrogens with zero attached hydrogens (tertiary/aromatic N) is 3. The summed E-state index contributed by atoms with van der Waals surface area (Å²) in [5.41, 5.74) is 10.4. The van der Waals surface area contributed by atoms with E-state index in [-0.39, 0.29) is 5.41 Å². The Hall–Kier alpha value is -4.37. The lowest BCUT2D eigenvalue weighted by Crippen LogP contribution is -2.34. The highest BCUT2D eigenvalue weighted by Crippen LogP contribution is 2.47. The Morgan fingerprint density at radius 2 is 1.27 bits per heavy atom. The molecule has 204 valence electrons. The van der Waals surface area contributed by atoms with E-state index in [0.29, 0.717) is 5.92 Å². The van der Waals surface area contributed by atoms with E-state index >= 15 is 0 Å². The minimum Gasteiger partial charge on any atom is -0.308 e. The smallest absolute Gasteiger partial charge is 0.287 e. The van der Waals surface area contributed by atoms with E-state index in [9.17, 15) is 0 Å². The van der Waals surface area contributed by atoms with Gasteiger partial charge in [-0.25, -0.2) is 4.57 Å². The number of para-hydroxylation sites is 3. The van der Waals surface area contributed by atoms with Crippen LogP contribution in [-0.4, -0.2) is 9.13 Å². The van der Waals surface area contributed by atoms with Gasteiger partial charge in [0.15, 0.2) is 0 Å². The highest BCUT2D eigenvalue weighted by molar-refractivity contribution is 6.28. The largest absolute Gasteiger partial charge is 0.308 e. The molecule has 3 nitrogen and oxygen atoms in total. The van der Waals surface area contributed by atoms with E-state index in [4.69, 9.17) is 0 Å². The van der Waals surface area contributed by atoms with Gasteiger partial charge in [0, 0.05) is 33.5 Å². The summed E-state index contributed by atoms with van der Waals surface area (Å²) in [6.07, 6.45) is 2.22. The Bertz CT molecular complexity index is 2120. The fourth-order valence-corrected chi connectivity index (χ4v) is 6.95. The summed E-state index contributed by atoms with van der Waals surface area (Å²) in [4.78, 5) is 0. The maximum atomic E-state index is 2.52. The lowest BCUT2D eigenvalue weighted by molar-refractivity contribution is -0.665. The Morgan fingerprint density at radius 1 is 0.683 bits per heavy atom. The fraction of sp³-hybridized carbons (Fsp3) is 0.237. The van der Waals surface area contributed by atoms with Gasteiger partial charge in [0.1, 0.15) is 11.0 Å². The number of aryl methyl sites for hydroxylation is 2. The van der Waals surface area contributed by atoms with Crippen LogP contribution in [0.4, 0.5) is 0 Å². The zero-order chi connectivity index (χ0) is 28.6. The van der Waals surface area contributed by atoms with Crippen LogP contribution in [0.25, 0.3) is 55.1 Å². The molecule has 0 radical (unpaired) electrons. The van der Waals surface area contributed by atoms with Crippen molar-refractivity contribution in [3.63, 3.8) is 0 Å². The molecule has 7 aromatic rings. The fourth-order valence-electron chi connectivity index (χ4n) is 6.95. The molecule has 7 rings (SSSR count). The average molecular weight is 537 g/mol. The quantitative estimate of drug-likeness (QED) is 0.200. The van der Waals surface area contributed by atoms with E-state index < -0.39 is 0 Å². The predicted octanol–water partition coefficient (Wildman–Crippen LogP) is 9.43. The van der Waals surface area contributed by atoms with Crippen molar-refractivity contribution in [3.8, 4) is 11.5 Å². The van der Waals surface area contributed by atoms with Gasteiger partial charge in [0.2, 0.25) is 0 Å². The molecule has 0 spiro atoms. The van der Waals surface area contributed by atoms with Crippen molar-refractivity contribution in [2.75, 3.05) is 0 Å². The van der Waals surface area contributed by atoms with Gasteiger partial charge in [-0.2, -0.15) is 4.57 Å². The Kier molecular flexibility index (Phi) is 5.66. The first kappa shape index (κ1) is 25.6. The topological polar surface area (TPSA) is 13.7 Å². The van der Waals surface area contributed by atoms with Crippen LogP contribution >= 0.6 is 0 Å². The molecule has 0 aliphatic carbocycles. The number of aromatic nitrogens is 3. The van der Waals surface area contributed by atoms with Gasteiger partial charge < -0.3 is 4.57 Å². The summed E-state index contributed by atoms with van der Waals surface area (Å²) >= 11 is 0. The minimum absolute atomic E-state index is 0.0485. The molecule has 3 heterocycles. The van der Waals surface area contributed by atoms with Crippen LogP contribution in [0.1, 0.15) is 57.2 Å². The molecular formula is C38H38N3+. The maximum absolute atomic E-state index is 2.52. The van der Waals surface area contributed by atoms with Gasteiger partial charge in [-0.05, 0) is 65.8 Å². The van der Waals surface area contributed by atoms with Crippen molar-refractivity contribution in [2.24, 2.45) is 7.05 Å². The highest BCUT2D eigenvalue weighted by atomic mass is 15.1. The summed E-state index contributed by atoms with van der Waals surface area (Å²) in [7, 11) is 2.17. The number of fused-ring (bicyclic) bond motifs is 7. The third-order valence-corrected chi connectivity index (χ3v) is 8.83. The Labute approximate surface area is 242 Å². The van der Waals surface area contributed by atoms with Gasteiger partial charge in [-0.15, -0.1) is 0 Å². The molecule has 3 heteroatoms. The lowest BCUT2D eigenvalue weighted by Gasteiger charge is -2.20. The van der Waals surface area contributed by atoms with Crippen molar-refractivity contribution in [1.82, 2.24) is 9.13 Å². The number of rotatable bonds is 3. The molecule has 3 aromatic heterocycles. The van der Waals surface area contributed by atoms with E-state index in [1.807, 2.05) is 0 Å². The maximum Gasteiger partial charge on any atom is 0.287 e. The Balaban J connectivity index is 1.81. The molecule has 0 N–H and O–H groups in total. The standard InChI is InChI=1S/C38H38N3/c1-24(2)33-25(3)36-35(37-34(33)28-17-11-13-19-30(28)40(37)27-15-9-8-10-16-27)29-18-12-14-20-31(29)41(36)32-23-26(38(4,5)6)21-22-39(32)7/h8-24H,1-7H3/q+1. The SMILES string of the molecule is Cc1c(C(C)C)c2c3ccccc3n(-c3ccccc3)c2c2c3ccccc3n(-c3cc(C(C)(C)C)cc[n+]3C)c12. The summed E-state index contributed by atoms with van der Waals surface area (Å²) < 4.78 is 7.29. The minimum atomic E-state index is 0.0485. The van der Waals surface area contributed by atoms with Crippen LogP contribution in [0.2, 0.25) is 0 Å². The molecule has 4 aromatic carbocycles. The normalized spacial score (nSPS) is 12.5. The van der Waals surface area contributed by atoms with Gasteiger partial charge in [-0.1, -0.05) is 83.1 Å². The average Bonchev–Trinajstić information content (AvgIpc) is 3.47. The second kappa shape index (κ2) is 9.07. The van der Waals surface area contributed by atoms with E-state index in [2.05, 4.69) is 159 Å². The van der Waals surface area contributed by atoms with Crippen molar-refractivity contribution in [3.05, 3.63) is 114 Å². The van der Waals surface area contributed by atoms with Gasteiger partial charge in [-0.3, -0.25) is 0 Å². The van der Waals surface area contributed by atoms with Crippen molar-refractivity contribution in [2.45, 2.75) is 52.9 Å². The Morgan fingerprint density at radius 3 is 1.90 bits per heavy atom. The molecule has 0 amide bonds. The third-order valence-electron chi connectivity index (χ3n) is 8.83. The molecule has 0 aliphatic rings. The first-order valence-corrected chi connectivity index (χ1v) is 14.7. The van der Waals surface area contributed by atoms with Crippen LogP contribution < -0.4 is 4.57 Å². The molecule has 0 aliphatic heterocycles. The second-order valence-electron chi connectivity index (χ2n) is 12.8. The van der Waals surface area contributed by atoms with Crippen LogP contribution in [0.15, 0.2) is 97.2 Å². The zero-order valence-corrected chi connectivity index (χ0v) is 25.2. The third kappa shape index (κ3) is 3.68. The number of hydrogen-bond acceptors (Lipinski definition) is 0. The molecule has 0 fully saturated rings. The van der Waals surface area contributed by atoms with Crippen LogP contribution in [0, 0.1) is 6.92 Å². The molecular weight excluding hydrogens is 498 g/mol. The number of benzene rings is 4. The molecule has 0 unspecified atom stereocenters. The van der Waals surface area contributed by atoms with Crippen LogP contribution in [-0.2, 0) is 12.5 Å². The molecule has 0 saturated heterocycles. The first-order valence-electron chi connectivity index (χ1n) is 14.7. The van der Waals surface area contributed by atoms with Gasteiger partial charge >= 0.3 is 0 Å². The second-order valence-corrected chi connectivity index (χ2v) is 12.8. The highest BCUT2D eigenvalue weighted by Gasteiger charge is 2.31. The number of pyridine rings is 1. The van der Waals surface area contributed by atoms with Gasteiger partial charge in [0.25, 0.3) is 5.82 Å². The van der Waals surface area contributed by atoms with Crippen molar-refractivity contribution >= 4 is 43.6 Å². The molecule has 41 heavy (non-hydrogen) atoms. The lowest BCUT2D eigenvalue weighted by atomic mass is 9.87. The molecule has 0 atom stereocenters. The van der Waals surface area contributed by atoms with E-state index in [1.54, 1.807) is 0 Å². The van der Waals surface area contributed by atoms with E-state index in [0.717, 1.165) is 0 Å². The van der Waals surface area contributed by atoms with Crippen LogP contribution in [0.5, 0.6) is 0 Å². The monoisotopic (exact) mass is 536 g/mol. The van der Waals surface area contributed by atoms with Gasteiger partial charge in [0.05, 0.1) is 29.7 Å². The number of hydrogen-bond donors (Lipinski definition) is 0. The summed E-state index contributed by atoms with van der Waals surface area (Å²) in [6.45, 7) is 13.9. The van der Waals surface area contributed by atoms with Crippen LogP contribution in [0.3, 0.4) is 0 Å². The predicted molar refractivity (Wildman–Crippen MR) is 174 cm³/mol. The summed E-state index contributed by atoms with van der Waals surface area (Å²) in [5.74, 6) is 1.54. The zero-order valence-electron chi connectivity index (χ0n) is 25.2. The van der Waals surface area contributed by atoms with Crippen molar-refractivity contribution in [1.29, 1.82) is 0 Å². The van der Waals surface area contributed by atoms with Crippen molar-refractivity contribution < 1.29 is 4.57 Å². The first-order chi connectivity index (χ1) is 19.7. The van der Waals surface area contributed by atoms with E-state index in [1.165, 1.54) is 71.8 Å². The molecule has 0 saturated carbocycles.